The van der Waals surface area contributed by atoms with E-state index < -0.39 is 5.97 Å². The van der Waals surface area contributed by atoms with Gasteiger partial charge in [-0.05, 0) is 12.3 Å². The molecular weight excluding hydrogens is 272 g/mol. The minimum atomic E-state index is -0.653. The van der Waals surface area contributed by atoms with Gasteiger partial charge in [0, 0.05) is 6.42 Å². The van der Waals surface area contributed by atoms with Crippen molar-refractivity contribution in [3.05, 3.63) is 0 Å². The second-order valence-corrected chi connectivity index (χ2v) is 7.04. The fourth-order valence-electron chi connectivity index (χ4n) is 2.92. The average Bonchev–Trinajstić information content (AvgIpc) is 2.50. The monoisotopic (exact) mass is 312 g/mol. The van der Waals surface area contributed by atoms with E-state index in [1.807, 2.05) is 0 Å². The summed E-state index contributed by atoms with van der Waals surface area (Å²) >= 11 is 0. The molecule has 0 fully saturated rings. The summed E-state index contributed by atoms with van der Waals surface area (Å²) in [5, 5.41) is 8.54. The van der Waals surface area contributed by atoms with Crippen molar-refractivity contribution < 1.29 is 9.90 Å². The van der Waals surface area contributed by atoms with Crippen LogP contribution in [0.4, 0.5) is 0 Å². The average molecular weight is 313 g/mol. The Hall–Kier alpha value is -0.530. The summed E-state index contributed by atoms with van der Waals surface area (Å²) in [5.74, 6) is 0.268. The smallest absolute Gasteiger partial charge is 0.303 e. The quantitative estimate of drug-likeness (QED) is 0.294. The molecule has 0 saturated carbocycles. The van der Waals surface area contributed by atoms with Crippen LogP contribution in [-0.2, 0) is 4.79 Å². The van der Waals surface area contributed by atoms with Crippen LogP contribution in [0.5, 0.6) is 0 Å². The highest BCUT2D eigenvalue weighted by Gasteiger charge is 1.99. The van der Waals surface area contributed by atoms with E-state index in [0.29, 0.717) is 6.42 Å². The molecule has 0 amide bonds. The van der Waals surface area contributed by atoms with E-state index in [-0.39, 0.29) is 0 Å². The molecule has 0 aromatic carbocycles. The van der Waals surface area contributed by atoms with Crippen LogP contribution >= 0.6 is 0 Å². The first-order valence-electron chi connectivity index (χ1n) is 9.88. The van der Waals surface area contributed by atoms with Gasteiger partial charge < -0.3 is 5.11 Å². The number of aliphatic carboxylic acids is 1. The first kappa shape index (κ1) is 21.5. The third-order valence-electron chi connectivity index (χ3n) is 4.78. The van der Waals surface area contributed by atoms with Crippen LogP contribution in [0.15, 0.2) is 0 Å². The van der Waals surface area contributed by atoms with Crippen LogP contribution in [0.3, 0.4) is 0 Å². The highest BCUT2D eigenvalue weighted by molar-refractivity contribution is 5.66. The fourth-order valence-corrected chi connectivity index (χ4v) is 2.92. The number of unbranched alkanes of at least 4 members (excludes halogenated alkanes) is 12. The van der Waals surface area contributed by atoms with Crippen molar-refractivity contribution in [2.45, 2.75) is 117 Å². The van der Waals surface area contributed by atoms with Crippen molar-refractivity contribution in [3.8, 4) is 0 Å². The van der Waals surface area contributed by atoms with Gasteiger partial charge in [0.1, 0.15) is 0 Å². The molecule has 0 aromatic heterocycles. The maximum Gasteiger partial charge on any atom is 0.303 e. The van der Waals surface area contributed by atoms with Gasteiger partial charge in [-0.3, -0.25) is 4.79 Å². The lowest BCUT2D eigenvalue weighted by atomic mass is 9.99. The normalized spacial score (nSPS) is 12.5. The largest absolute Gasteiger partial charge is 0.481 e. The van der Waals surface area contributed by atoms with E-state index in [2.05, 4.69) is 13.8 Å². The van der Waals surface area contributed by atoms with Gasteiger partial charge in [-0.25, -0.2) is 0 Å². The number of rotatable bonds is 17. The Bertz CT molecular complexity index is 238. The molecule has 0 heterocycles. The van der Waals surface area contributed by atoms with E-state index in [9.17, 15) is 4.79 Å². The molecule has 0 aliphatic heterocycles. The van der Waals surface area contributed by atoms with Crippen LogP contribution in [0.1, 0.15) is 117 Å². The summed E-state index contributed by atoms with van der Waals surface area (Å²) in [6.07, 6.45) is 20.2. The highest BCUT2D eigenvalue weighted by atomic mass is 16.4. The lowest BCUT2D eigenvalue weighted by molar-refractivity contribution is -0.137. The summed E-state index contributed by atoms with van der Waals surface area (Å²) in [5.41, 5.74) is 0. The Kier molecular flexibility index (Phi) is 16.4. The SMILES string of the molecule is CC[C@@H](C)CCCCCCCCCCCCCCCC(=O)O. The lowest BCUT2D eigenvalue weighted by Gasteiger charge is -2.07. The zero-order chi connectivity index (χ0) is 16.5. The molecule has 132 valence electrons. The summed E-state index contributed by atoms with van der Waals surface area (Å²) in [7, 11) is 0. The first-order valence-corrected chi connectivity index (χ1v) is 9.88. The van der Waals surface area contributed by atoms with E-state index in [4.69, 9.17) is 5.11 Å². The third-order valence-corrected chi connectivity index (χ3v) is 4.78. The maximum atomic E-state index is 10.4. The topological polar surface area (TPSA) is 37.3 Å². The molecule has 1 N–H and O–H groups in total. The Morgan fingerprint density at radius 3 is 1.45 bits per heavy atom. The van der Waals surface area contributed by atoms with Gasteiger partial charge in [0.15, 0.2) is 0 Å². The first-order chi connectivity index (χ1) is 10.7. The van der Waals surface area contributed by atoms with Crippen LogP contribution in [0.25, 0.3) is 0 Å². The van der Waals surface area contributed by atoms with Gasteiger partial charge in [0.2, 0.25) is 0 Å². The summed E-state index contributed by atoms with van der Waals surface area (Å²) in [6.45, 7) is 4.66. The number of carboxylic acids is 1. The van der Waals surface area contributed by atoms with E-state index in [1.165, 1.54) is 83.5 Å². The van der Waals surface area contributed by atoms with Crippen LogP contribution in [0, 0.1) is 5.92 Å². The predicted octanol–water partition coefficient (Wildman–Crippen LogP) is 6.97. The molecule has 2 heteroatoms. The molecule has 0 aliphatic carbocycles. The Morgan fingerprint density at radius 2 is 1.09 bits per heavy atom. The standard InChI is InChI=1S/C20H40O2/c1-3-19(2)17-15-13-11-9-7-5-4-6-8-10-12-14-16-18-20(21)22/h19H,3-18H2,1-2H3,(H,21,22)/t19-/m1/s1. The van der Waals surface area contributed by atoms with E-state index in [0.717, 1.165) is 18.8 Å². The van der Waals surface area contributed by atoms with Crippen LogP contribution in [0.2, 0.25) is 0 Å². The van der Waals surface area contributed by atoms with Crippen molar-refractivity contribution in [3.63, 3.8) is 0 Å². The Morgan fingerprint density at radius 1 is 0.727 bits per heavy atom. The Balaban J connectivity index is 3.01. The zero-order valence-electron chi connectivity index (χ0n) is 15.2. The molecule has 0 aromatic rings. The number of carbonyl (C=O) groups is 1. The fraction of sp³-hybridized carbons (Fsp3) is 0.950. The minimum absolute atomic E-state index is 0.345. The molecule has 0 bridgehead atoms. The van der Waals surface area contributed by atoms with Gasteiger partial charge in [0.05, 0.1) is 0 Å². The van der Waals surface area contributed by atoms with Crippen molar-refractivity contribution in [2.24, 2.45) is 5.92 Å². The van der Waals surface area contributed by atoms with Gasteiger partial charge in [-0.15, -0.1) is 0 Å². The molecule has 2 nitrogen and oxygen atoms in total. The zero-order valence-corrected chi connectivity index (χ0v) is 15.2. The van der Waals surface area contributed by atoms with Gasteiger partial charge in [-0.1, -0.05) is 104 Å². The second kappa shape index (κ2) is 16.8. The molecule has 22 heavy (non-hydrogen) atoms. The van der Waals surface area contributed by atoms with E-state index >= 15 is 0 Å². The molecule has 1 atom stereocenters. The summed E-state index contributed by atoms with van der Waals surface area (Å²) < 4.78 is 0. The minimum Gasteiger partial charge on any atom is -0.481 e. The molecule has 0 rings (SSSR count). The van der Waals surface area contributed by atoms with Crippen molar-refractivity contribution in [1.29, 1.82) is 0 Å². The Labute approximate surface area is 139 Å². The van der Waals surface area contributed by atoms with Crippen LogP contribution in [-0.4, -0.2) is 11.1 Å². The molecule has 0 radical (unpaired) electrons. The summed E-state index contributed by atoms with van der Waals surface area (Å²) in [6, 6.07) is 0. The predicted molar refractivity (Wildman–Crippen MR) is 96.3 cm³/mol. The number of hydrogen-bond acceptors (Lipinski definition) is 1. The molecule has 0 saturated heterocycles. The van der Waals surface area contributed by atoms with Gasteiger partial charge >= 0.3 is 5.97 Å². The molecular formula is C20H40O2. The van der Waals surface area contributed by atoms with E-state index in [1.54, 1.807) is 0 Å². The van der Waals surface area contributed by atoms with Crippen LogP contribution < -0.4 is 0 Å². The maximum absolute atomic E-state index is 10.4. The number of carboxylic acid groups (broad SMARTS) is 1. The number of hydrogen-bond donors (Lipinski definition) is 1. The molecule has 0 spiro atoms. The lowest BCUT2D eigenvalue weighted by Crippen LogP contribution is -1.93. The van der Waals surface area contributed by atoms with Gasteiger partial charge in [0.25, 0.3) is 0 Å². The third kappa shape index (κ3) is 17.5. The summed E-state index contributed by atoms with van der Waals surface area (Å²) in [4.78, 5) is 10.4. The molecule has 0 unspecified atom stereocenters. The highest BCUT2D eigenvalue weighted by Crippen LogP contribution is 2.15. The van der Waals surface area contributed by atoms with Crippen molar-refractivity contribution >= 4 is 5.97 Å². The van der Waals surface area contributed by atoms with Crippen molar-refractivity contribution in [2.75, 3.05) is 0 Å². The second-order valence-electron chi connectivity index (χ2n) is 7.04. The molecule has 0 aliphatic rings. The van der Waals surface area contributed by atoms with Crippen molar-refractivity contribution in [1.82, 2.24) is 0 Å². The van der Waals surface area contributed by atoms with Gasteiger partial charge in [-0.2, -0.15) is 0 Å².